The Labute approximate surface area is 172 Å². The minimum absolute atomic E-state index is 0.285. The second kappa shape index (κ2) is 8.32. The zero-order chi connectivity index (χ0) is 20.2. The molecule has 146 valence electrons. The number of fused-ring (bicyclic) bond motifs is 1. The number of hydrogen-bond donors (Lipinski definition) is 1. The summed E-state index contributed by atoms with van der Waals surface area (Å²) in [6, 6.07) is 17.2. The average molecular weight is 405 g/mol. The molecule has 1 N–H and O–H groups in total. The van der Waals surface area contributed by atoms with E-state index in [-0.39, 0.29) is 5.91 Å². The van der Waals surface area contributed by atoms with E-state index in [9.17, 15) is 4.79 Å². The first-order chi connectivity index (χ1) is 14.1. The highest BCUT2D eigenvalue weighted by molar-refractivity contribution is 7.98. The van der Waals surface area contributed by atoms with Crippen molar-refractivity contribution in [2.75, 3.05) is 12.4 Å². The molecule has 2 heterocycles. The number of aryl methyl sites for hydroxylation is 1. The summed E-state index contributed by atoms with van der Waals surface area (Å²) < 4.78 is 7.23. The standard InChI is InChI=1S/C21H19N5O2S/c1-26-13-22-25-21(26)29-12-14-6-5-8-16(10-14)23-19(27)18-11-15-7-3-4-9-17(15)20(24-18)28-2/h3-11,13H,12H2,1-2H3,(H,23,27). The number of carbonyl (C=O) groups is 1. The van der Waals surface area contributed by atoms with E-state index < -0.39 is 0 Å². The smallest absolute Gasteiger partial charge is 0.274 e. The number of nitrogens with zero attached hydrogens (tertiary/aromatic N) is 4. The number of aromatic nitrogens is 4. The molecule has 0 aliphatic heterocycles. The fourth-order valence-corrected chi connectivity index (χ4v) is 3.75. The lowest BCUT2D eigenvalue weighted by Gasteiger charge is -2.10. The van der Waals surface area contributed by atoms with Crippen LogP contribution in [0.25, 0.3) is 10.8 Å². The maximum atomic E-state index is 12.8. The van der Waals surface area contributed by atoms with Crippen molar-refractivity contribution in [3.63, 3.8) is 0 Å². The van der Waals surface area contributed by atoms with E-state index in [1.165, 1.54) is 0 Å². The van der Waals surface area contributed by atoms with Crippen molar-refractivity contribution in [3.8, 4) is 5.88 Å². The van der Waals surface area contributed by atoms with Gasteiger partial charge in [0.25, 0.3) is 5.91 Å². The predicted molar refractivity (Wildman–Crippen MR) is 113 cm³/mol. The summed E-state index contributed by atoms with van der Waals surface area (Å²) in [6.45, 7) is 0. The van der Waals surface area contributed by atoms with Crippen LogP contribution in [0.4, 0.5) is 5.69 Å². The highest BCUT2D eigenvalue weighted by Crippen LogP contribution is 2.25. The van der Waals surface area contributed by atoms with Crippen molar-refractivity contribution in [2.24, 2.45) is 7.05 Å². The second-order valence-corrected chi connectivity index (χ2v) is 7.35. The lowest BCUT2D eigenvalue weighted by molar-refractivity contribution is 0.102. The monoisotopic (exact) mass is 405 g/mol. The van der Waals surface area contributed by atoms with Crippen molar-refractivity contribution in [3.05, 3.63) is 72.2 Å². The van der Waals surface area contributed by atoms with Crippen molar-refractivity contribution in [1.82, 2.24) is 19.7 Å². The number of benzene rings is 2. The zero-order valence-corrected chi connectivity index (χ0v) is 16.8. The van der Waals surface area contributed by atoms with Crippen molar-refractivity contribution >= 4 is 34.1 Å². The van der Waals surface area contributed by atoms with E-state index >= 15 is 0 Å². The van der Waals surface area contributed by atoms with Gasteiger partial charge in [0.05, 0.1) is 7.11 Å². The number of rotatable bonds is 6. The van der Waals surface area contributed by atoms with Crippen LogP contribution in [-0.2, 0) is 12.8 Å². The van der Waals surface area contributed by atoms with Gasteiger partial charge in [0, 0.05) is 23.9 Å². The quantitative estimate of drug-likeness (QED) is 0.490. The number of carbonyl (C=O) groups excluding carboxylic acids is 1. The molecule has 0 atom stereocenters. The van der Waals surface area contributed by atoms with E-state index in [1.54, 1.807) is 31.3 Å². The maximum absolute atomic E-state index is 12.8. The van der Waals surface area contributed by atoms with E-state index in [4.69, 9.17) is 4.74 Å². The molecule has 0 aliphatic carbocycles. The lowest BCUT2D eigenvalue weighted by Crippen LogP contribution is -2.14. The van der Waals surface area contributed by atoms with Gasteiger partial charge >= 0.3 is 0 Å². The minimum Gasteiger partial charge on any atom is -0.481 e. The van der Waals surface area contributed by atoms with E-state index in [1.807, 2.05) is 60.1 Å². The molecule has 1 amide bonds. The van der Waals surface area contributed by atoms with Crippen LogP contribution < -0.4 is 10.1 Å². The van der Waals surface area contributed by atoms with Gasteiger partial charge in [-0.3, -0.25) is 4.79 Å². The predicted octanol–water partition coefficient (Wildman–Crippen LogP) is 3.92. The molecule has 0 fully saturated rings. The van der Waals surface area contributed by atoms with Crippen LogP contribution in [-0.4, -0.2) is 32.8 Å². The number of methoxy groups -OCH3 is 1. The fourth-order valence-electron chi connectivity index (χ4n) is 2.92. The Kier molecular flexibility index (Phi) is 5.44. The molecule has 29 heavy (non-hydrogen) atoms. The molecule has 0 unspecified atom stereocenters. The average Bonchev–Trinajstić information content (AvgIpc) is 3.16. The first kappa shape index (κ1) is 18.9. The third-order valence-corrected chi connectivity index (χ3v) is 5.46. The van der Waals surface area contributed by atoms with E-state index in [0.717, 1.165) is 27.2 Å². The Morgan fingerprint density at radius 3 is 2.83 bits per heavy atom. The molecule has 0 bridgehead atoms. The van der Waals surface area contributed by atoms with Crippen LogP contribution in [0.5, 0.6) is 5.88 Å². The zero-order valence-electron chi connectivity index (χ0n) is 16.0. The fraction of sp³-hybridized carbons (Fsp3) is 0.143. The Balaban J connectivity index is 1.51. The molecule has 4 rings (SSSR count). The summed E-state index contributed by atoms with van der Waals surface area (Å²) >= 11 is 1.58. The molecule has 0 saturated heterocycles. The SMILES string of the molecule is COc1nc(C(=O)Nc2cccc(CSc3nncn3C)c2)cc2ccccc12. The summed E-state index contributed by atoms with van der Waals surface area (Å²) in [7, 11) is 3.46. The lowest BCUT2D eigenvalue weighted by atomic mass is 10.1. The first-order valence-corrected chi connectivity index (χ1v) is 9.93. The van der Waals surface area contributed by atoms with Crippen LogP contribution in [0, 0.1) is 0 Å². The largest absolute Gasteiger partial charge is 0.481 e. The van der Waals surface area contributed by atoms with Gasteiger partial charge in [0.1, 0.15) is 12.0 Å². The number of thioether (sulfide) groups is 1. The van der Waals surface area contributed by atoms with Crippen molar-refractivity contribution in [1.29, 1.82) is 0 Å². The van der Waals surface area contributed by atoms with Gasteiger partial charge in [-0.05, 0) is 35.2 Å². The molecule has 8 heteroatoms. The van der Waals surface area contributed by atoms with Gasteiger partial charge in [0.2, 0.25) is 5.88 Å². The Bertz CT molecular complexity index is 1170. The van der Waals surface area contributed by atoms with Gasteiger partial charge in [0.15, 0.2) is 5.16 Å². The maximum Gasteiger partial charge on any atom is 0.274 e. The van der Waals surface area contributed by atoms with Gasteiger partial charge in [-0.25, -0.2) is 4.98 Å². The molecule has 0 radical (unpaired) electrons. The van der Waals surface area contributed by atoms with Crippen LogP contribution in [0.1, 0.15) is 16.1 Å². The van der Waals surface area contributed by atoms with Crippen LogP contribution in [0.3, 0.4) is 0 Å². The third-order valence-electron chi connectivity index (χ3n) is 4.35. The molecule has 2 aromatic carbocycles. The van der Waals surface area contributed by atoms with E-state index in [2.05, 4.69) is 20.5 Å². The van der Waals surface area contributed by atoms with Gasteiger partial charge in [-0.2, -0.15) is 0 Å². The van der Waals surface area contributed by atoms with Crippen LogP contribution in [0.2, 0.25) is 0 Å². The summed E-state index contributed by atoms with van der Waals surface area (Å²) in [5.41, 5.74) is 2.08. The summed E-state index contributed by atoms with van der Waals surface area (Å²) in [5.74, 6) is 0.868. The Hall–Kier alpha value is -3.39. The molecule has 0 spiro atoms. The molecule has 2 aromatic heterocycles. The number of nitrogens with one attached hydrogen (secondary N) is 1. The summed E-state index contributed by atoms with van der Waals surface area (Å²) in [5, 5.41) is 13.5. The summed E-state index contributed by atoms with van der Waals surface area (Å²) in [4.78, 5) is 17.1. The Morgan fingerprint density at radius 2 is 2.03 bits per heavy atom. The van der Waals surface area contributed by atoms with Gasteiger partial charge in [-0.1, -0.05) is 42.1 Å². The van der Waals surface area contributed by atoms with Gasteiger partial charge < -0.3 is 14.6 Å². The number of amides is 1. The number of anilines is 1. The highest BCUT2D eigenvalue weighted by atomic mass is 32.2. The Morgan fingerprint density at radius 1 is 1.17 bits per heavy atom. The van der Waals surface area contributed by atoms with Crippen LogP contribution >= 0.6 is 11.8 Å². The topological polar surface area (TPSA) is 81.9 Å². The van der Waals surface area contributed by atoms with Gasteiger partial charge in [-0.15, -0.1) is 10.2 Å². The molecule has 4 aromatic rings. The molecule has 0 aliphatic rings. The molecular formula is C21H19N5O2S. The minimum atomic E-state index is -0.285. The number of pyridine rings is 1. The van der Waals surface area contributed by atoms with Crippen molar-refractivity contribution < 1.29 is 9.53 Å². The normalized spacial score (nSPS) is 10.8. The third kappa shape index (κ3) is 4.22. The van der Waals surface area contributed by atoms with Crippen molar-refractivity contribution in [2.45, 2.75) is 10.9 Å². The summed E-state index contributed by atoms with van der Waals surface area (Å²) in [6.07, 6.45) is 1.67. The highest BCUT2D eigenvalue weighted by Gasteiger charge is 2.13. The molecule has 0 saturated carbocycles. The number of hydrogen-bond acceptors (Lipinski definition) is 6. The molecule has 7 nitrogen and oxygen atoms in total. The molecular weight excluding hydrogens is 386 g/mol. The van der Waals surface area contributed by atoms with E-state index in [0.29, 0.717) is 17.3 Å². The second-order valence-electron chi connectivity index (χ2n) is 6.41. The first-order valence-electron chi connectivity index (χ1n) is 8.95. The van der Waals surface area contributed by atoms with Crippen LogP contribution in [0.15, 0.2) is 66.1 Å². The number of ether oxygens (including phenoxy) is 1.